The SMILES string of the molecule is CC(=O)Nc1ccc(C)c(O[C@H]2CC[C@H]3[C@@H]4CCC5NC(=O)CC[C@]5(C)[C@H]4CC[C@]23C)c1. The Morgan fingerprint density at radius 1 is 1.06 bits per heavy atom. The molecule has 2 N–H and O–H groups in total. The summed E-state index contributed by atoms with van der Waals surface area (Å²) in [6.07, 6.45) is 9.09. The van der Waals surface area contributed by atoms with Crippen molar-refractivity contribution in [2.75, 3.05) is 5.32 Å². The van der Waals surface area contributed by atoms with Crippen molar-refractivity contribution in [1.82, 2.24) is 5.32 Å². The molecule has 1 heterocycles. The second-order valence-electron chi connectivity index (χ2n) is 11.5. The van der Waals surface area contributed by atoms with E-state index in [0.717, 1.165) is 42.2 Å². The first-order chi connectivity index (χ1) is 15.2. The van der Waals surface area contributed by atoms with Gasteiger partial charge >= 0.3 is 0 Å². The van der Waals surface area contributed by atoms with Crippen LogP contribution in [0.3, 0.4) is 0 Å². The third kappa shape index (κ3) is 3.43. The summed E-state index contributed by atoms with van der Waals surface area (Å²) in [6.45, 7) is 8.54. The van der Waals surface area contributed by atoms with Crippen LogP contribution in [0.15, 0.2) is 18.2 Å². The normalized spacial score (nSPS) is 40.5. The number of ether oxygens (including phenoxy) is 1. The second kappa shape index (κ2) is 7.78. The highest BCUT2D eigenvalue weighted by atomic mass is 16.5. The molecule has 3 saturated carbocycles. The number of anilines is 1. The lowest BCUT2D eigenvalue weighted by atomic mass is 9.47. The molecule has 1 saturated heterocycles. The first kappa shape index (κ1) is 21.8. The van der Waals surface area contributed by atoms with Gasteiger partial charge in [0.05, 0.1) is 0 Å². The van der Waals surface area contributed by atoms with E-state index >= 15 is 0 Å². The summed E-state index contributed by atoms with van der Waals surface area (Å²) in [4.78, 5) is 23.5. The number of nitrogens with one attached hydrogen (secondary N) is 2. The molecule has 1 unspecified atom stereocenters. The van der Waals surface area contributed by atoms with Crippen molar-refractivity contribution in [2.45, 2.75) is 91.2 Å². The van der Waals surface area contributed by atoms with Gasteiger partial charge in [-0.05, 0) is 86.7 Å². The molecule has 0 bridgehead atoms. The molecule has 4 aliphatic rings. The summed E-state index contributed by atoms with van der Waals surface area (Å²) >= 11 is 0. The topological polar surface area (TPSA) is 67.4 Å². The summed E-state index contributed by atoms with van der Waals surface area (Å²) < 4.78 is 6.72. The van der Waals surface area contributed by atoms with E-state index in [1.807, 2.05) is 18.2 Å². The Balaban J connectivity index is 1.36. The minimum absolute atomic E-state index is 0.0611. The van der Waals surface area contributed by atoms with E-state index in [1.165, 1.54) is 32.6 Å². The molecule has 7 atom stereocenters. The van der Waals surface area contributed by atoms with E-state index in [2.05, 4.69) is 31.4 Å². The minimum Gasteiger partial charge on any atom is -0.490 e. The Morgan fingerprint density at radius 2 is 1.84 bits per heavy atom. The summed E-state index contributed by atoms with van der Waals surface area (Å²) in [5, 5.41) is 6.22. The van der Waals surface area contributed by atoms with E-state index < -0.39 is 0 Å². The molecule has 4 fully saturated rings. The number of hydrogen-bond donors (Lipinski definition) is 2. The molecule has 174 valence electrons. The van der Waals surface area contributed by atoms with Gasteiger partial charge < -0.3 is 15.4 Å². The van der Waals surface area contributed by atoms with Crippen molar-refractivity contribution >= 4 is 17.5 Å². The quantitative estimate of drug-likeness (QED) is 0.680. The lowest BCUT2D eigenvalue weighted by molar-refractivity contribution is -0.137. The van der Waals surface area contributed by atoms with Crippen molar-refractivity contribution < 1.29 is 14.3 Å². The smallest absolute Gasteiger partial charge is 0.221 e. The van der Waals surface area contributed by atoms with Gasteiger partial charge in [0.1, 0.15) is 11.9 Å². The predicted molar refractivity (Wildman–Crippen MR) is 125 cm³/mol. The number of fused-ring (bicyclic) bond motifs is 5. The fourth-order valence-corrected chi connectivity index (χ4v) is 8.01. The highest BCUT2D eigenvalue weighted by Crippen LogP contribution is 2.64. The van der Waals surface area contributed by atoms with Crippen molar-refractivity contribution in [3.8, 4) is 5.75 Å². The maximum absolute atomic E-state index is 12.0. The van der Waals surface area contributed by atoms with Crippen molar-refractivity contribution in [2.24, 2.45) is 28.6 Å². The van der Waals surface area contributed by atoms with Gasteiger partial charge in [-0.15, -0.1) is 0 Å². The zero-order chi connectivity index (χ0) is 22.7. The van der Waals surface area contributed by atoms with Gasteiger partial charge in [-0.1, -0.05) is 19.9 Å². The number of benzene rings is 1. The fourth-order valence-electron chi connectivity index (χ4n) is 8.01. The van der Waals surface area contributed by atoms with E-state index in [4.69, 9.17) is 4.74 Å². The predicted octanol–water partition coefficient (Wildman–Crippen LogP) is 5.22. The van der Waals surface area contributed by atoms with Gasteiger partial charge in [0.2, 0.25) is 11.8 Å². The van der Waals surface area contributed by atoms with Crippen molar-refractivity contribution in [1.29, 1.82) is 0 Å². The van der Waals surface area contributed by atoms with Crippen LogP contribution < -0.4 is 15.4 Å². The number of piperidine rings is 1. The number of aryl methyl sites for hydroxylation is 1. The zero-order valence-corrected chi connectivity index (χ0v) is 20.0. The van der Waals surface area contributed by atoms with Crippen LogP contribution in [0.2, 0.25) is 0 Å². The first-order valence-corrected chi connectivity index (χ1v) is 12.5. The van der Waals surface area contributed by atoms with Gasteiger partial charge in [-0.2, -0.15) is 0 Å². The van der Waals surface area contributed by atoms with E-state index in [-0.39, 0.29) is 28.7 Å². The van der Waals surface area contributed by atoms with E-state index in [9.17, 15) is 9.59 Å². The van der Waals surface area contributed by atoms with E-state index in [1.54, 1.807) is 0 Å². The molecule has 0 spiro atoms. The average molecular weight is 439 g/mol. The molecular weight excluding hydrogens is 400 g/mol. The average Bonchev–Trinajstić information content (AvgIpc) is 3.07. The van der Waals surface area contributed by atoms with Gasteiger partial charge in [0, 0.05) is 36.6 Å². The van der Waals surface area contributed by atoms with Crippen LogP contribution in [-0.2, 0) is 9.59 Å². The standard InChI is InChI=1S/C27H38N2O3/c1-16-5-6-18(28-17(2)30)15-22(16)32-24-10-8-20-19-7-9-23-26(3,14-12-25(31)29-23)21(19)11-13-27(20,24)4/h5-6,15,19-21,23-24H,7-14H2,1-4H3,(H,28,30)(H,29,31)/t19-,20-,21-,23?,24-,26+,27-/m0/s1. The van der Waals surface area contributed by atoms with Crippen LogP contribution in [0, 0.1) is 35.5 Å². The minimum atomic E-state index is -0.0611. The maximum Gasteiger partial charge on any atom is 0.221 e. The number of amides is 2. The Bertz CT molecular complexity index is 929. The molecule has 1 aliphatic heterocycles. The molecule has 1 aromatic carbocycles. The number of carbonyl (C=O) groups is 2. The van der Waals surface area contributed by atoms with Crippen molar-refractivity contribution in [3.05, 3.63) is 23.8 Å². The molecule has 5 rings (SSSR count). The first-order valence-electron chi connectivity index (χ1n) is 12.5. The van der Waals surface area contributed by atoms with Crippen molar-refractivity contribution in [3.63, 3.8) is 0 Å². The molecule has 3 aliphatic carbocycles. The lowest BCUT2D eigenvalue weighted by Gasteiger charge is -2.60. The Hall–Kier alpha value is -2.04. The summed E-state index contributed by atoms with van der Waals surface area (Å²) in [5.74, 6) is 3.23. The van der Waals surface area contributed by atoms with Gasteiger partial charge in [-0.3, -0.25) is 9.59 Å². The van der Waals surface area contributed by atoms with Gasteiger partial charge in [0.15, 0.2) is 0 Å². The van der Waals surface area contributed by atoms with Crippen LogP contribution in [0.4, 0.5) is 5.69 Å². The zero-order valence-electron chi connectivity index (χ0n) is 20.0. The summed E-state index contributed by atoms with van der Waals surface area (Å²) in [6, 6.07) is 6.32. The summed E-state index contributed by atoms with van der Waals surface area (Å²) in [5.41, 5.74) is 2.36. The summed E-state index contributed by atoms with van der Waals surface area (Å²) in [7, 11) is 0. The monoisotopic (exact) mass is 438 g/mol. The molecule has 0 radical (unpaired) electrons. The maximum atomic E-state index is 12.0. The molecule has 32 heavy (non-hydrogen) atoms. The van der Waals surface area contributed by atoms with Gasteiger partial charge in [0.25, 0.3) is 0 Å². The molecule has 1 aromatic rings. The van der Waals surface area contributed by atoms with Crippen LogP contribution in [0.5, 0.6) is 5.75 Å². The number of carbonyl (C=O) groups excluding carboxylic acids is 2. The molecular formula is C27H38N2O3. The largest absolute Gasteiger partial charge is 0.490 e. The van der Waals surface area contributed by atoms with Crippen LogP contribution in [0.1, 0.15) is 77.7 Å². The Kier molecular flexibility index (Phi) is 5.29. The van der Waals surface area contributed by atoms with Crippen LogP contribution in [0.25, 0.3) is 0 Å². The highest BCUT2D eigenvalue weighted by molar-refractivity contribution is 5.88. The second-order valence-corrected chi connectivity index (χ2v) is 11.5. The molecule has 0 aromatic heterocycles. The molecule has 5 nitrogen and oxygen atoms in total. The molecule has 2 amide bonds. The number of hydrogen-bond acceptors (Lipinski definition) is 3. The van der Waals surface area contributed by atoms with Gasteiger partial charge in [-0.25, -0.2) is 0 Å². The lowest BCUT2D eigenvalue weighted by Crippen LogP contribution is -2.61. The number of rotatable bonds is 3. The van der Waals surface area contributed by atoms with Crippen LogP contribution >= 0.6 is 0 Å². The van der Waals surface area contributed by atoms with E-state index in [0.29, 0.717) is 24.3 Å². The Morgan fingerprint density at radius 3 is 2.62 bits per heavy atom. The third-order valence-corrected chi connectivity index (χ3v) is 9.79. The highest BCUT2D eigenvalue weighted by Gasteiger charge is 2.61. The Labute approximate surface area is 192 Å². The fraction of sp³-hybridized carbons (Fsp3) is 0.704. The third-order valence-electron chi connectivity index (χ3n) is 9.79. The van der Waals surface area contributed by atoms with Crippen LogP contribution in [-0.4, -0.2) is 24.0 Å². The molecule has 5 heteroatoms.